The first-order chi connectivity index (χ1) is 16.7. The Bertz CT molecular complexity index is 1050. The largest absolute Gasteiger partial charge is 0.481 e. The van der Waals surface area contributed by atoms with Crippen LogP contribution in [0.2, 0.25) is 0 Å². The average Bonchev–Trinajstić information content (AvgIpc) is 3.34. The minimum Gasteiger partial charge on any atom is -0.481 e. The Labute approximate surface area is 206 Å². The molecule has 0 bridgehead atoms. The molecule has 2 amide bonds. The van der Waals surface area contributed by atoms with Crippen molar-refractivity contribution in [3.05, 3.63) is 59.7 Å². The molecule has 186 valence electrons. The van der Waals surface area contributed by atoms with E-state index in [9.17, 15) is 14.4 Å². The summed E-state index contributed by atoms with van der Waals surface area (Å²) in [6, 6.07) is 16.0. The van der Waals surface area contributed by atoms with Crippen molar-refractivity contribution in [2.24, 2.45) is 17.8 Å². The molecule has 2 aliphatic rings. The summed E-state index contributed by atoms with van der Waals surface area (Å²) in [4.78, 5) is 38.5. The van der Waals surface area contributed by atoms with Crippen molar-refractivity contribution >= 4 is 18.0 Å². The number of nitrogens with one attached hydrogen (secondary N) is 1. The van der Waals surface area contributed by atoms with E-state index in [1.54, 1.807) is 4.90 Å². The molecule has 0 radical (unpaired) electrons. The van der Waals surface area contributed by atoms with Crippen molar-refractivity contribution in [2.45, 2.75) is 45.6 Å². The molecule has 1 saturated heterocycles. The van der Waals surface area contributed by atoms with Crippen LogP contribution in [-0.4, -0.2) is 53.7 Å². The van der Waals surface area contributed by atoms with E-state index >= 15 is 0 Å². The highest BCUT2D eigenvalue weighted by atomic mass is 16.5. The Morgan fingerprint density at radius 2 is 1.63 bits per heavy atom. The van der Waals surface area contributed by atoms with E-state index in [2.05, 4.69) is 29.6 Å². The highest BCUT2D eigenvalue weighted by Gasteiger charge is 2.35. The maximum atomic E-state index is 12.9. The topological polar surface area (TPSA) is 95.9 Å². The standard InChI is InChI=1S/C28H34N2O5/c1-17(2)25(13-26(31)30-14-18(3)19(15-30)12-27(32)33)29-28(34)35-16-24-22-10-6-4-8-20(22)21-9-5-7-11-23(21)24/h4-11,17-19,24-25H,12-16H2,1-3H3,(H,29,34)(H,32,33)/t18-,19-,25?/m1/s1. The number of fused-ring (bicyclic) bond motifs is 3. The zero-order valence-electron chi connectivity index (χ0n) is 20.6. The molecule has 1 unspecified atom stereocenters. The van der Waals surface area contributed by atoms with Crippen LogP contribution >= 0.6 is 0 Å². The summed E-state index contributed by atoms with van der Waals surface area (Å²) in [7, 11) is 0. The maximum Gasteiger partial charge on any atom is 0.407 e. The first kappa shape index (κ1) is 24.8. The van der Waals surface area contributed by atoms with Gasteiger partial charge in [0.1, 0.15) is 6.61 Å². The lowest BCUT2D eigenvalue weighted by Crippen LogP contribution is -2.43. The zero-order valence-corrected chi connectivity index (χ0v) is 20.6. The highest BCUT2D eigenvalue weighted by Crippen LogP contribution is 2.44. The zero-order chi connectivity index (χ0) is 25.1. The molecule has 1 heterocycles. The van der Waals surface area contributed by atoms with E-state index in [1.165, 1.54) is 11.1 Å². The van der Waals surface area contributed by atoms with Gasteiger partial charge in [-0.05, 0) is 40.0 Å². The van der Waals surface area contributed by atoms with Crippen LogP contribution in [0.3, 0.4) is 0 Å². The van der Waals surface area contributed by atoms with Crippen LogP contribution in [0, 0.1) is 17.8 Å². The molecule has 1 fully saturated rings. The number of hydrogen-bond donors (Lipinski definition) is 2. The van der Waals surface area contributed by atoms with Gasteiger partial charge in [-0.25, -0.2) is 4.79 Å². The molecule has 4 rings (SSSR count). The van der Waals surface area contributed by atoms with Gasteiger partial charge in [0.25, 0.3) is 0 Å². The molecule has 7 nitrogen and oxygen atoms in total. The molecule has 2 N–H and O–H groups in total. The fourth-order valence-corrected chi connectivity index (χ4v) is 5.29. The average molecular weight is 479 g/mol. The van der Waals surface area contributed by atoms with Crippen LogP contribution in [0.15, 0.2) is 48.5 Å². The number of carbonyl (C=O) groups is 3. The van der Waals surface area contributed by atoms with E-state index in [0.29, 0.717) is 13.1 Å². The third kappa shape index (κ3) is 5.50. The van der Waals surface area contributed by atoms with E-state index in [4.69, 9.17) is 9.84 Å². The number of carboxylic acids is 1. The number of carbonyl (C=O) groups excluding carboxylic acids is 2. The van der Waals surface area contributed by atoms with Gasteiger partial charge >= 0.3 is 12.1 Å². The Morgan fingerprint density at radius 1 is 1.03 bits per heavy atom. The lowest BCUT2D eigenvalue weighted by Gasteiger charge is -2.25. The van der Waals surface area contributed by atoms with Crippen molar-refractivity contribution in [3.8, 4) is 11.1 Å². The fraction of sp³-hybridized carbons (Fsp3) is 0.464. The molecule has 2 aromatic rings. The Kier molecular flexibility index (Phi) is 7.43. The molecule has 1 aliphatic heterocycles. The quantitative estimate of drug-likeness (QED) is 0.582. The van der Waals surface area contributed by atoms with Gasteiger partial charge in [0.2, 0.25) is 5.91 Å². The summed E-state index contributed by atoms with van der Waals surface area (Å²) in [5.41, 5.74) is 4.64. The van der Waals surface area contributed by atoms with E-state index in [0.717, 1.165) is 11.1 Å². The lowest BCUT2D eigenvalue weighted by atomic mass is 9.95. The third-order valence-corrected chi connectivity index (χ3v) is 7.40. The number of benzene rings is 2. The summed E-state index contributed by atoms with van der Waals surface area (Å²) < 4.78 is 5.67. The van der Waals surface area contributed by atoms with Crippen LogP contribution in [0.1, 0.15) is 50.7 Å². The summed E-state index contributed by atoms with van der Waals surface area (Å²) in [5, 5.41) is 12.0. The van der Waals surface area contributed by atoms with Crippen LogP contribution in [0.5, 0.6) is 0 Å². The van der Waals surface area contributed by atoms with Crippen LogP contribution in [0.25, 0.3) is 11.1 Å². The Morgan fingerprint density at radius 3 is 2.20 bits per heavy atom. The van der Waals surface area contributed by atoms with Crippen molar-refractivity contribution in [1.82, 2.24) is 10.2 Å². The number of likely N-dealkylation sites (tertiary alicyclic amines) is 1. The second-order valence-corrected chi connectivity index (χ2v) is 10.2. The van der Waals surface area contributed by atoms with Gasteiger partial charge in [0.15, 0.2) is 0 Å². The number of hydrogen-bond acceptors (Lipinski definition) is 4. The van der Waals surface area contributed by atoms with Crippen molar-refractivity contribution < 1.29 is 24.2 Å². The van der Waals surface area contributed by atoms with E-state index < -0.39 is 12.1 Å². The van der Waals surface area contributed by atoms with Gasteiger partial charge in [-0.15, -0.1) is 0 Å². The minimum absolute atomic E-state index is 0.0236. The van der Waals surface area contributed by atoms with E-state index in [-0.39, 0.29) is 55.1 Å². The lowest BCUT2D eigenvalue weighted by molar-refractivity contribution is -0.138. The van der Waals surface area contributed by atoms with Gasteiger partial charge in [-0.3, -0.25) is 9.59 Å². The van der Waals surface area contributed by atoms with Crippen molar-refractivity contribution in [2.75, 3.05) is 19.7 Å². The predicted octanol–water partition coefficient (Wildman–Crippen LogP) is 4.51. The molecule has 2 aromatic carbocycles. The number of amides is 2. The number of rotatable bonds is 8. The van der Waals surface area contributed by atoms with Gasteiger partial charge in [-0.1, -0.05) is 69.3 Å². The molecule has 0 spiro atoms. The predicted molar refractivity (Wildman–Crippen MR) is 133 cm³/mol. The van der Waals surface area contributed by atoms with Gasteiger partial charge in [0, 0.05) is 31.5 Å². The number of alkyl carbamates (subject to hydrolysis) is 1. The minimum atomic E-state index is -0.840. The van der Waals surface area contributed by atoms with E-state index in [1.807, 2.05) is 45.0 Å². The molecule has 1 aliphatic carbocycles. The molecule has 3 atom stereocenters. The molecule has 0 aromatic heterocycles. The molecule has 0 saturated carbocycles. The van der Waals surface area contributed by atoms with Gasteiger partial charge in [0.05, 0.1) is 6.42 Å². The maximum absolute atomic E-state index is 12.9. The molecule has 35 heavy (non-hydrogen) atoms. The first-order valence-electron chi connectivity index (χ1n) is 12.4. The first-order valence-corrected chi connectivity index (χ1v) is 12.4. The molecule has 7 heteroatoms. The van der Waals surface area contributed by atoms with Crippen LogP contribution < -0.4 is 5.32 Å². The Balaban J connectivity index is 1.34. The van der Waals surface area contributed by atoms with Crippen molar-refractivity contribution in [3.63, 3.8) is 0 Å². The number of ether oxygens (including phenoxy) is 1. The molecular formula is C28H34N2O5. The fourth-order valence-electron chi connectivity index (χ4n) is 5.29. The second kappa shape index (κ2) is 10.5. The number of carboxylic acid groups (broad SMARTS) is 1. The van der Waals surface area contributed by atoms with Crippen molar-refractivity contribution in [1.29, 1.82) is 0 Å². The Hall–Kier alpha value is -3.35. The third-order valence-electron chi connectivity index (χ3n) is 7.40. The normalized spacial score (nSPS) is 19.8. The number of nitrogens with zero attached hydrogens (tertiary/aromatic N) is 1. The summed E-state index contributed by atoms with van der Waals surface area (Å²) in [6.45, 7) is 7.12. The van der Waals surface area contributed by atoms with Crippen LogP contribution in [-0.2, 0) is 14.3 Å². The summed E-state index contributed by atoms with van der Waals surface area (Å²) >= 11 is 0. The molecular weight excluding hydrogens is 444 g/mol. The number of aliphatic carboxylic acids is 1. The van der Waals surface area contributed by atoms with Crippen LogP contribution in [0.4, 0.5) is 4.79 Å². The summed E-state index contributed by atoms with van der Waals surface area (Å²) in [5.74, 6) is -0.791. The monoisotopic (exact) mass is 478 g/mol. The summed E-state index contributed by atoms with van der Waals surface area (Å²) in [6.07, 6.45) is -0.304. The second-order valence-electron chi connectivity index (χ2n) is 10.2. The highest BCUT2D eigenvalue weighted by molar-refractivity contribution is 5.80. The van der Waals surface area contributed by atoms with Gasteiger partial charge < -0.3 is 20.1 Å². The van der Waals surface area contributed by atoms with Gasteiger partial charge in [-0.2, -0.15) is 0 Å². The smallest absolute Gasteiger partial charge is 0.407 e. The SMILES string of the molecule is CC(C)C(CC(=O)N1C[C@@H](CC(=O)O)[C@H](C)C1)NC(=O)OCC1c2ccccc2-c2ccccc21.